The predicted octanol–water partition coefficient (Wildman–Crippen LogP) is 4.69. The van der Waals surface area contributed by atoms with Crippen molar-refractivity contribution in [2.24, 2.45) is 0 Å². The number of aryl methyl sites for hydroxylation is 1. The van der Waals surface area contributed by atoms with Gasteiger partial charge in [-0.1, -0.05) is 11.3 Å². The van der Waals surface area contributed by atoms with Crippen molar-refractivity contribution in [2.45, 2.75) is 20.5 Å². The monoisotopic (exact) mass is 426 g/mol. The van der Waals surface area contributed by atoms with Gasteiger partial charge in [-0.15, -0.1) is 0 Å². The maximum Gasteiger partial charge on any atom is 0.257 e. The molecule has 7 nitrogen and oxygen atoms in total. The van der Waals surface area contributed by atoms with Crippen LogP contribution in [-0.2, 0) is 6.61 Å². The maximum absolute atomic E-state index is 12.5. The molecule has 2 aromatic heterocycles. The van der Waals surface area contributed by atoms with Gasteiger partial charge in [0.25, 0.3) is 5.91 Å². The summed E-state index contributed by atoms with van der Waals surface area (Å²) in [6, 6.07) is 12.7. The Bertz CT molecular complexity index is 1140. The van der Waals surface area contributed by atoms with Crippen LogP contribution in [0.25, 0.3) is 10.2 Å². The molecule has 0 bridgehead atoms. The van der Waals surface area contributed by atoms with Gasteiger partial charge in [-0.2, -0.15) is 8.75 Å². The average molecular weight is 427 g/mol. The molecule has 4 aromatic rings. The van der Waals surface area contributed by atoms with E-state index in [0.29, 0.717) is 29.7 Å². The van der Waals surface area contributed by atoms with Gasteiger partial charge in [0.15, 0.2) is 5.13 Å². The largest absolute Gasteiger partial charge is 0.494 e. The Morgan fingerprint density at radius 2 is 1.86 bits per heavy atom. The SMILES string of the molecule is CCOc1ccc2nc(NC(=O)c3ccc(OCc4nsnc4C)cc3)sc2c1. The van der Waals surface area contributed by atoms with Crippen molar-refractivity contribution in [1.82, 2.24) is 13.7 Å². The van der Waals surface area contributed by atoms with Crippen molar-refractivity contribution < 1.29 is 14.3 Å². The summed E-state index contributed by atoms with van der Waals surface area (Å²) < 4.78 is 20.5. The Labute approximate surface area is 175 Å². The lowest BCUT2D eigenvalue weighted by molar-refractivity contribution is 0.102. The van der Waals surface area contributed by atoms with Crippen LogP contribution in [0.1, 0.15) is 28.7 Å². The Morgan fingerprint density at radius 1 is 1.07 bits per heavy atom. The van der Waals surface area contributed by atoms with Crippen LogP contribution in [0.5, 0.6) is 11.5 Å². The van der Waals surface area contributed by atoms with Crippen LogP contribution in [0, 0.1) is 6.92 Å². The summed E-state index contributed by atoms with van der Waals surface area (Å²) in [7, 11) is 0. The molecule has 0 saturated heterocycles. The third-order valence-corrected chi connectivity index (χ3v) is 5.72. The normalized spacial score (nSPS) is 10.8. The van der Waals surface area contributed by atoms with Gasteiger partial charge < -0.3 is 9.47 Å². The molecular weight excluding hydrogens is 408 g/mol. The smallest absolute Gasteiger partial charge is 0.257 e. The number of aromatic nitrogens is 3. The number of hydrogen-bond acceptors (Lipinski definition) is 8. The van der Waals surface area contributed by atoms with Crippen LogP contribution in [0.4, 0.5) is 5.13 Å². The molecule has 148 valence electrons. The first-order valence-corrected chi connectivity index (χ1v) is 10.5. The molecule has 1 amide bonds. The highest BCUT2D eigenvalue weighted by Crippen LogP contribution is 2.29. The van der Waals surface area contributed by atoms with Gasteiger partial charge in [-0.05, 0) is 56.3 Å². The minimum Gasteiger partial charge on any atom is -0.494 e. The van der Waals surface area contributed by atoms with Crippen molar-refractivity contribution in [3.63, 3.8) is 0 Å². The number of rotatable bonds is 7. The van der Waals surface area contributed by atoms with Crippen molar-refractivity contribution in [1.29, 1.82) is 0 Å². The zero-order valence-electron chi connectivity index (χ0n) is 15.8. The highest BCUT2D eigenvalue weighted by Gasteiger charge is 2.11. The van der Waals surface area contributed by atoms with Crippen LogP contribution < -0.4 is 14.8 Å². The second kappa shape index (κ2) is 8.54. The molecule has 9 heteroatoms. The number of thiazole rings is 1. The molecule has 1 N–H and O–H groups in total. The van der Waals surface area contributed by atoms with E-state index >= 15 is 0 Å². The highest BCUT2D eigenvalue weighted by molar-refractivity contribution is 7.22. The van der Waals surface area contributed by atoms with E-state index in [9.17, 15) is 4.79 Å². The van der Waals surface area contributed by atoms with Crippen molar-refractivity contribution in [3.05, 3.63) is 59.4 Å². The zero-order chi connectivity index (χ0) is 20.2. The summed E-state index contributed by atoms with van der Waals surface area (Å²) >= 11 is 2.58. The van der Waals surface area contributed by atoms with Gasteiger partial charge in [0, 0.05) is 5.56 Å². The zero-order valence-corrected chi connectivity index (χ0v) is 17.5. The second-order valence-corrected chi connectivity index (χ2v) is 7.70. The molecule has 29 heavy (non-hydrogen) atoms. The number of amides is 1. The van der Waals surface area contributed by atoms with Gasteiger partial charge in [0.05, 0.1) is 34.2 Å². The van der Waals surface area contributed by atoms with Gasteiger partial charge in [0.2, 0.25) is 0 Å². The molecule has 0 aliphatic rings. The predicted molar refractivity (Wildman–Crippen MR) is 114 cm³/mol. The standard InChI is InChI=1S/C20H18N4O3S2/c1-3-26-15-8-9-16-18(10-15)28-20(21-16)22-19(25)13-4-6-14(7-5-13)27-11-17-12(2)23-29-24-17/h4-10H,3,11H2,1-2H3,(H,21,22,25). The fourth-order valence-electron chi connectivity index (χ4n) is 2.62. The molecule has 0 radical (unpaired) electrons. The number of anilines is 1. The van der Waals surface area contributed by atoms with Crippen LogP contribution >= 0.6 is 23.1 Å². The lowest BCUT2D eigenvalue weighted by Gasteiger charge is -2.06. The molecular formula is C20H18N4O3S2. The van der Waals surface area contributed by atoms with Crippen molar-refractivity contribution in [2.75, 3.05) is 11.9 Å². The summed E-state index contributed by atoms with van der Waals surface area (Å²) in [5.41, 5.74) is 3.04. The summed E-state index contributed by atoms with van der Waals surface area (Å²) in [4.78, 5) is 17.0. The molecule has 0 spiro atoms. The molecule has 2 aromatic carbocycles. The number of nitrogens with zero attached hydrogens (tertiary/aromatic N) is 3. The van der Waals surface area contributed by atoms with Crippen LogP contribution in [0.15, 0.2) is 42.5 Å². The molecule has 0 atom stereocenters. The first-order valence-electron chi connectivity index (χ1n) is 8.98. The molecule has 0 fully saturated rings. The Morgan fingerprint density at radius 3 is 2.59 bits per heavy atom. The number of benzene rings is 2. The minimum atomic E-state index is -0.222. The molecule has 0 aliphatic carbocycles. The number of nitrogens with one attached hydrogen (secondary N) is 1. The fourth-order valence-corrected chi connectivity index (χ4v) is 4.06. The van der Waals surface area contributed by atoms with Gasteiger partial charge in [-0.3, -0.25) is 10.1 Å². The quantitative estimate of drug-likeness (QED) is 0.461. The van der Waals surface area contributed by atoms with E-state index < -0.39 is 0 Å². The maximum atomic E-state index is 12.5. The summed E-state index contributed by atoms with van der Waals surface area (Å²) in [5, 5.41) is 3.40. The van der Waals surface area contributed by atoms with Gasteiger partial charge in [-0.25, -0.2) is 4.98 Å². The van der Waals surface area contributed by atoms with Crippen LogP contribution in [0.3, 0.4) is 0 Å². The fraction of sp³-hybridized carbons (Fsp3) is 0.200. The third-order valence-electron chi connectivity index (χ3n) is 4.13. The minimum absolute atomic E-state index is 0.222. The van der Waals surface area contributed by atoms with E-state index in [2.05, 4.69) is 19.0 Å². The Kier molecular flexibility index (Phi) is 5.68. The van der Waals surface area contributed by atoms with E-state index in [0.717, 1.165) is 27.4 Å². The first-order chi connectivity index (χ1) is 14.1. The number of carbonyl (C=O) groups excluding carboxylic acids is 1. The van der Waals surface area contributed by atoms with E-state index in [-0.39, 0.29) is 5.91 Å². The van der Waals surface area contributed by atoms with E-state index in [1.54, 1.807) is 24.3 Å². The molecule has 0 unspecified atom stereocenters. The van der Waals surface area contributed by atoms with Crippen molar-refractivity contribution >= 4 is 44.3 Å². The Balaban J connectivity index is 1.40. The van der Waals surface area contributed by atoms with Gasteiger partial charge >= 0.3 is 0 Å². The first kappa shape index (κ1) is 19.3. The van der Waals surface area contributed by atoms with Gasteiger partial charge in [0.1, 0.15) is 23.8 Å². The number of hydrogen-bond donors (Lipinski definition) is 1. The Hall–Kier alpha value is -3.04. The second-order valence-electron chi connectivity index (χ2n) is 6.15. The van der Waals surface area contributed by atoms with E-state index in [1.807, 2.05) is 32.0 Å². The van der Waals surface area contributed by atoms with Crippen LogP contribution in [0.2, 0.25) is 0 Å². The topological polar surface area (TPSA) is 86.2 Å². The van der Waals surface area contributed by atoms with E-state index in [1.165, 1.54) is 23.1 Å². The summed E-state index contributed by atoms with van der Waals surface area (Å²) in [5.74, 6) is 1.23. The number of fused-ring (bicyclic) bond motifs is 1. The van der Waals surface area contributed by atoms with Crippen molar-refractivity contribution in [3.8, 4) is 11.5 Å². The third kappa shape index (κ3) is 4.52. The highest BCUT2D eigenvalue weighted by atomic mass is 32.1. The molecule has 0 aliphatic heterocycles. The molecule has 4 rings (SSSR count). The number of ether oxygens (including phenoxy) is 2. The molecule has 0 saturated carbocycles. The molecule has 2 heterocycles. The summed E-state index contributed by atoms with van der Waals surface area (Å²) in [6.45, 7) is 4.79. The average Bonchev–Trinajstić information content (AvgIpc) is 3.31. The van der Waals surface area contributed by atoms with E-state index in [4.69, 9.17) is 9.47 Å². The van der Waals surface area contributed by atoms with Crippen LogP contribution in [-0.4, -0.2) is 26.2 Å². The number of carbonyl (C=O) groups is 1. The summed E-state index contributed by atoms with van der Waals surface area (Å²) in [6.07, 6.45) is 0. The lowest BCUT2D eigenvalue weighted by atomic mass is 10.2. The lowest BCUT2D eigenvalue weighted by Crippen LogP contribution is -2.11.